The number of benzene rings is 1. The quantitative estimate of drug-likeness (QED) is 0.256. The van der Waals surface area contributed by atoms with Crippen molar-refractivity contribution in [2.45, 2.75) is 12.5 Å². The van der Waals surface area contributed by atoms with Gasteiger partial charge in [-0.15, -0.1) is 24.0 Å². The van der Waals surface area contributed by atoms with Crippen LogP contribution in [0.25, 0.3) is 0 Å². The molecule has 6 nitrogen and oxygen atoms in total. The van der Waals surface area contributed by atoms with E-state index in [0.717, 1.165) is 37.5 Å². The molecule has 0 saturated carbocycles. The van der Waals surface area contributed by atoms with Crippen molar-refractivity contribution in [1.82, 2.24) is 15.6 Å². The Kier molecular flexibility index (Phi) is 9.15. The van der Waals surface area contributed by atoms with E-state index in [9.17, 15) is 8.78 Å². The molecule has 1 aromatic carbocycles. The molecule has 1 saturated heterocycles. The van der Waals surface area contributed by atoms with Crippen LogP contribution in [0.5, 0.6) is 5.75 Å². The summed E-state index contributed by atoms with van der Waals surface area (Å²) >= 11 is 6.22. The molecule has 3 rings (SSSR count). The summed E-state index contributed by atoms with van der Waals surface area (Å²) in [6.07, 6.45) is 2.66. The molecule has 2 N–H and O–H groups in total. The Morgan fingerprint density at radius 2 is 2.17 bits per heavy atom. The summed E-state index contributed by atoms with van der Waals surface area (Å²) in [7, 11) is 1.69. The largest absolute Gasteiger partial charge is 0.492 e. The number of aromatic nitrogens is 1. The number of nitrogens with one attached hydrogen (secondary N) is 2. The zero-order valence-corrected chi connectivity index (χ0v) is 19.0. The van der Waals surface area contributed by atoms with Gasteiger partial charge in [-0.3, -0.25) is 4.99 Å². The maximum atomic E-state index is 13.2. The molecule has 1 aliphatic heterocycles. The number of nitrogens with zero attached hydrogens (tertiary/aromatic N) is 3. The van der Waals surface area contributed by atoms with Crippen LogP contribution < -0.4 is 20.3 Å². The highest BCUT2D eigenvalue weighted by molar-refractivity contribution is 14.0. The lowest BCUT2D eigenvalue weighted by Gasteiger charge is -2.20. The van der Waals surface area contributed by atoms with Crippen molar-refractivity contribution in [2.75, 3.05) is 38.2 Å². The zero-order chi connectivity index (χ0) is 19.9. The van der Waals surface area contributed by atoms with E-state index in [1.54, 1.807) is 13.2 Å². The van der Waals surface area contributed by atoms with Crippen LogP contribution in [-0.2, 0) is 0 Å². The second kappa shape index (κ2) is 11.3. The minimum Gasteiger partial charge on any atom is -0.492 e. The topological polar surface area (TPSA) is 61.8 Å². The third kappa shape index (κ3) is 6.56. The van der Waals surface area contributed by atoms with Crippen molar-refractivity contribution >= 4 is 47.4 Å². The zero-order valence-electron chi connectivity index (χ0n) is 15.9. The number of rotatable bonds is 6. The fraction of sp³-hybridized carbons (Fsp3) is 0.368. The Morgan fingerprint density at radius 1 is 1.34 bits per heavy atom. The molecule has 1 unspecified atom stereocenters. The van der Waals surface area contributed by atoms with Crippen molar-refractivity contribution in [2.24, 2.45) is 4.99 Å². The SMILES string of the molecule is CN=C(NCCOc1ccc(F)c(F)c1)NC1CCN(c2ncccc2Cl)C1.I. The molecule has 1 atom stereocenters. The van der Waals surface area contributed by atoms with Gasteiger partial charge in [-0.1, -0.05) is 11.6 Å². The van der Waals surface area contributed by atoms with Gasteiger partial charge < -0.3 is 20.3 Å². The minimum atomic E-state index is -0.929. The Balaban J connectivity index is 0.00000300. The third-order valence-corrected chi connectivity index (χ3v) is 4.64. The van der Waals surface area contributed by atoms with E-state index in [4.69, 9.17) is 16.3 Å². The van der Waals surface area contributed by atoms with Gasteiger partial charge in [0.1, 0.15) is 18.2 Å². The number of anilines is 1. The van der Waals surface area contributed by atoms with Gasteiger partial charge in [0.2, 0.25) is 0 Å². The summed E-state index contributed by atoms with van der Waals surface area (Å²) in [5, 5.41) is 7.14. The van der Waals surface area contributed by atoms with E-state index in [1.165, 1.54) is 6.07 Å². The highest BCUT2D eigenvalue weighted by Crippen LogP contribution is 2.25. The molecule has 158 valence electrons. The summed E-state index contributed by atoms with van der Waals surface area (Å²) in [6.45, 7) is 2.36. The molecule has 1 aliphatic rings. The fourth-order valence-corrected chi connectivity index (χ4v) is 3.21. The van der Waals surface area contributed by atoms with Gasteiger partial charge in [0.05, 0.1) is 11.6 Å². The molecule has 1 fully saturated rings. The summed E-state index contributed by atoms with van der Waals surface area (Å²) in [5.74, 6) is -0.110. The highest BCUT2D eigenvalue weighted by atomic mass is 127. The van der Waals surface area contributed by atoms with Gasteiger partial charge in [0.25, 0.3) is 0 Å². The van der Waals surface area contributed by atoms with Crippen LogP contribution in [-0.4, -0.2) is 50.3 Å². The normalized spacial score (nSPS) is 16.3. The standard InChI is InChI=1S/C19H22ClF2N5O.HI/c1-23-19(25-8-10-28-14-4-5-16(21)17(22)11-14)26-13-6-9-27(12-13)18-15(20)3-2-7-24-18;/h2-5,7,11,13H,6,8-10,12H2,1H3,(H2,23,25,26);1H. The lowest BCUT2D eigenvalue weighted by molar-refractivity contribution is 0.318. The number of halogens is 4. The molecule has 0 amide bonds. The summed E-state index contributed by atoms with van der Waals surface area (Å²) in [6, 6.07) is 7.30. The van der Waals surface area contributed by atoms with Crippen molar-refractivity contribution in [3.63, 3.8) is 0 Å². The molecule has 10 heteroatoms. The van der Waals surface area contributed by atoms with E-state index < -0.39 is 11.6 Å². The molecule has 29 heavy (non-hydrogen) atoms. The van der Waals surface area contributed by atoms with Crippen LogP contribution in [0.1, 0.15) is 6.42 Å². The average Bonchev–Trinajstić information content (AvgIpc) is 3.15. The van der Waals surface area contributed by atoms with Crippen LogP contribution in [0.2, 0.25) is 5.02 Å². The van der Waals surface area contributed by atoms with Crippen LogP contribution in [0.15, 0.2) is 41.5 Å². The van der Waals surface area contributed by atoms with Crippen LogP contribution in [0, 0.1) is 11.6 Å². The molecule has 2 aromatic rings. The number of aliphatic imine (C=N–C) groups is 1. The Morgan fingerprint density at radius 3 is 2.90 bits per heavy atom. The lowest BCUT2D eigenvalue weighted by atomic mass is 10.3. The first-order chi connectivity index (χ1) is 13.6. The van der Waals surface area contributed by atoms with Crippen molar-refractivity contribution in [3.05, 3.63) is 53.2 Å². The first-order valence-corrected chi connectivity index (χ1v) is 9.35. The lowest BCUT2D eigenvalue weighted by Crippen LogP contribution is -2.45. The van der Waals surface area contributed by atoms with Gasteiger partial charge in [-0.25, -0.2) is 13.8 Å². The van der Waals surface area contributed by atoms with Crippen LogP contribution in [0.4, 0.5) is 14.6 Å². The average molecular weight is 538 g/mol. The maximum Gasteiger partial charge on any atom is 0.191 e. The highest BCUT2D eigenvalue weighted by Gasteiger charge is 2.25. The monoisotopic (exact) mass is 537 g/mol. The predicted molar refractivity (Wildman–Crippen MR) is 122 cm³/mol. The van der Waals surface area contributed by atoms with E-state index in [1.807, 2.05) is 12.1 Å². The third-order valence-electron chi connectivity index (χ3n) is 4.35. The van der Waals surface area contributed by atoms with Gasteiger partial charge in [-0.2, -0.15) is 0 Å². The second-order valence-corrected chi connectivity index (χ2v) is 6.72. The first kappa shape index (κ1) is 23.4. The summed E-state index contributed by atoms with van der Waals surface area (Å²) in [4.78, 5) is 10.7. The van der Waals surface area contributed by atoms with Gasteiger partial charge in [-0.05, 0) is 30.7 Å². The Hall–Kier alpha value is -1.88. The van der Waals surface area contributed by atoms with E-state index in [0.29, 0.717) is 17.5 Å². The van der Waals surface area contributed by atoms with Crippen LogP contribution in [0.3, 0.4) is 0 Å². The number of hydrogen-bond donors (Lipinski definition) is 2. The minimum absolute atomic E-state index is 0. The molecular formula is C19H23ClF2IN5O. The molecular weight excluding hydrogens is 515 g/mol. The molecule has 0 aliphatic carbocycles. The van der Waals surface area contributed by atoms with Gasteiger partial charge >= 0.3 is 0 Å². The summed E-state index contributed by atoms with van der Waals surface area (Å²) in [5.41, 5.74) is 0. The van der Waals surface area contributed by atoms with Crippen molar-refractivity contribution in [1.29, 1.82) is 0 Å². The van der Waals surface area contributed by atoms with E-state index in [-0.39, 0.29) is 42.4 Å². The molecule has 0 bridgehead atoms. The van der Waals surface area contributed by atoms with Crippen molar-refractivity contribution in [3.8, 4) is 5.75 Å². The number of pyridine rings is 1. The molecule has 0 spiro atoms. The Bertz CT molecular complexity index is 842. The fourth-order valence-electron chi connectivity index (χ4n) is 2.97. The predicted octanol–water partition coefficient (Wildman–Crippen LogP) is 3.45. The molecule has 0 radical (unpaired) electrons. The molecule has 1 aromatic heterocycles. The van der Waals surface area contributed by atoms with Crippen LogP contribution >= 0.6 is 35.6 Å². The number of guanidine groups is 1. The maximum absolute atomic E-state index is 13.2. The Labute approximate surface area is 190 Å². The smallest absolute Gasteiger partial charge is 0.191 e. The number of ether oxygens (including phenoxy) is 1. The number of hydrogen-bond acceptors (Lipinski definition) is 4. The van der Waals surface area contributed by atoms with E-state index in [2.05, 4.69) is 25.5 Å². The van der Waals surface area contributed by atoms with Gasteiger partial charge in [0, 0.05) is 38.4 Å². The molecule has 2 heterocycles. The van der Waals surface area contributed by atoms with Gasteiger partial charge in [0.15, 0.2) is 17.6 Å². The van der Waals surface area contributed by atoms with Crippen molar-refractivity contribution < 1.29 is 13.5 Å². The second-order valence-electron chi connectivity index (χ2n) is 6.31. The first-order valence-electron chi connectivity index (χ1n) is 8.97. The van der Waals surface area contributed by atoms with E-state index >= 15 is 0 Å². The summed E-state index contributed by atoms with van der Waals surface area (Å²) < 4.78 is 31.5.